The highest BCUT2D eigenvalue weighted by atomic mass is 32.2. The summed E-state index contributed by atoms with van der Waals surface area (Å²) in [7, 11) is 0. The lowest BCUT2D eigenvalue weighted by Gasteiger charge is -2.39. The summed E-state index contributed by atoms with van der Waals surface area (Å²) in [5, 5.41) is 0. The summed E-state index contributed by atoms with van der Waals surface area (Å²) >= 11 is 3.41. The molecule has 0 radical (unpaired) electrons. The van der Waals surface area contributed by atoms with Crippen LogP contribution in [0.25, 0.3) is 0 Å². The molecule has 2 rings (SSSR count). The van der Waals surface area contributed by atoms with E-state index >= 15 is 0 Å². The first-order valence-electron chi connectivity index (χ1n) is 10.5. The van der Waals surface area contributed by atoms with Gasteiger partial charge in [-0.25, -0.2) is 4.79 Å². The fourth-order valence-corrected chi connectivity index (χ4v) is 5.66. The standard InChI is InChI=1S/C21H31F3N2O3S2/c1-5-6-16-7-8-17(31-16)30-14-13-26(19(28)29-20(2,3)4)15-9-11-25(12-10-15)18(27)21(22,23)24/h7-8,15H,5-6,9-14H2,1-4H3. The number of halogens is 3. The Kier molecular flexibility index (Phi) is 9.12. The van der Waals surface area contributed by atoms with Crippen LogP contribution in [0, 0.1) is 0 Å². The van der Waals surface area contributed by atoms with E-state index in [1.54, 1.807) is 48.8 Å². The van der Waals surface area contributed by atoms with Gasteiger partial charge in [-0.05, 0) is 52.2 Å². The summed E-state index contributed by atoms with van der Waals surface area (Å²) < 4.78 is 44.8. The Balaban J connectivity index is 1.98. The van der Waals surface area contributed by atoms with E-state index in [4.69, 9.17) is 4.74 Å². The Labute approximate surface area is 190 Å². The van der Waals surface area contributed by atoms with Crippen LogP contribution in [0.2, 0.25) is 0 Å². The van der Waals surface area contributed by atoms with E-state index in [9.17, 15) is 22.8 Å². The number of likely N-dealkylation sites (tertiary alicyclic amines) is 1. The highest BCUT2D eigenvalue weighted by Crippen LogP contribution is 2.29. The maximum Gasteiger partial charge on any atom is 0.471 e. The number of thioether (sulfide) groups is 1. The average Bonchev–Trinajstić information content (AvgIpc) is 3.10. The van der Waals surface area contributed by atoms with Gasteiger partial charge in [0, 0.05) is 36.3 Å². The van der Waals surface area contributed by atoms with E-state index < -0.39 is 23.8 Å². The molecule has 1 saturated heterocycles. The van der Waals surface area contributed by atoms with E-state index in [0.717, 1.165) is 17.7 Å². The third-order valence-electron chi connectivity index (χ3n) is 4.77. The molecular formula is C21H31F3N2O3S2. The molecule has 0 aromatic carbocycles. The molecule has 176 valence electrons. The second-order valence-electron chi connectivity index (χ2n) is 8.51. The lowest BCUT2D eigenvalue weighted by atomic mass is 10.0. The largest absolute Gasteiger partial charge is 0.471 e. The molecule has 1 fully saturated rings. The molecule has 10 heteroatoms. The Hall–Kier alpha value is -1.42. The molecule has 0 saturated carbocycles. The third kappa shape index (κ3) is 8.21. The molecule has 1 aliphatic rings. The van der Waals surface area contributed by atoms with Gasteiger partial charge in [-0.15, -0.1) is 23.1 Å². The lowest BCUT2D eigenvalue weighted by Crippen LogP contribution is -2.52. The average molecular weight is 481 g/mol. The minimum Gasteiger partial charge on any atom is -0.444 e. The van der Waals surface area contributed by atoms with Gasteiger partial charge < -0.3 is 14.5 Å². The van der Waals surface area contributed by atoms with Gasteiger partial charge in [-0.2, -0.15) is 13.2 Å². The van der Waals surface area contributed by atoms with Crippen molar-refractivity contribution in [3.05, 3.63) is 17.0 Å². The molecule has 2 heterocycles. The summed E-state index contributed by atoms with van der Waals surface area (Å²) in [4.78, 5) is 28.1. The number of ether oxygens (including phenoxy) is 1. The second kappa shape index (κ2) is 10.9. The highest BCUT2D eigenvalue weighted by molar-refractivity contribution is 8.01. The van der Waals surface area contributed by atoms with Crippen molar-refractivity contribution in [1.82, 2.24) is 9.80 Å². The van der Waals surface area contributed by atoms with Crippen molar-refractivity contribution in [2.75, 3.05) is 25.4 Å². The topological polar surface area (TPSA) is 49.9 Å². The van der Waals surface area contributed by atoms with Gasteiger partial charge in [-0.1, -0.05) is 13.3 Å². The molecule has 0 N–H and O–H groups in total. The third-order valence-corrected chi connectivity index (χ3v) is 7.12. The fourth-order valence-electron chi connectivity index (χ4n) is 3.36. The van der Waals surface area contributed by atoms with Crippen LogP contribution >= 0.6 is 23.1 Å². The first kappa shape index (κ1) is 25.8. The quantitative estimate of drug-likeness (QED) is 0.478. The number of carbonyl (C=O) groups excluding carboxylic acids is 2. The number of thiophene rings is 1. The van der Waals surface area contributed by atoms with Gasteiger partial charge in [-0.3, -0.25) is 4.79 Å². The van der Waals surface area contributed by atoms with Crippen molar-refractivity contribution in [2.24, 2.45) is 0 Å². The number of piperidine rings is 1. The molecule has 0 atom stereocenters. The number of aryl methyl sites for hydroxylation is 1. The maximum atomic E-state index is 12.8. The van der Waals surface area contributed by atoms with Crippen molar-refractivity contribution < 1.29 is 27.5 Å². The Morgan fingerprint density at radius 3 is 2.42 bits per heavy atom. The van der Waals surface area contributed by atoms with E-state index in [0.29, 0.717) is 25.1 Å². The van der Waals surface area contributed by atoms with Crippen molar-refractivity contribution in [3.8, 4) is 0 Å². The first-order valence-corrected chi connectivity index (χ1v) is 12.3. The van der Waals surface area contributed by atoms with Gasteiger partial charge in [0.05, 0.1) is 4.21 Å². The molecule has 5 nitrogen and oxygen atoms in total. The van der Waals surface area contributed by atoms with Gasteiger partial charge in [0.2, 0.25) is 0 Å². The molecule has 2 amide bonds. The predicted octanol–water partition coefficient (Wildman–Crippen LogP) is 5.58. The lowest BCUT2D eigenvalue weighted by molar-refractivity contribution is -0.186. The summed E-state index contributed by atoms with van der Waals surface area (Å²) in [5.41, 5.74) is -0.668. The number of hydrogen-bond acceptors (Lipinski definition) is 5. The minimum absolute atomic E-state index is 0.0270. The maximum absolute atomic E-state index is 12.8. The zero-order valence-corrected chi connectivity index (χ0v) is 20.1. The van der Waals surface area contributed by atoms with Crippen LogP contribution in [0.15, 0.2) is 16.3 Å². The molecule has 31 heavy (non-hydrogen) atoms. The molecule has 0 unspecified atom stereocenters. The number of hydrogen-bond donors (Lipinski definition) is 0. The summed E-state index contributed by atoms with van der Waals surface area (Å²) in [6, 6.07) is 3.95. The predicted molar refractivity (Wildman–Crippen MR) is 118 cm³/mol. The monoisotopic (exact) mass is 480 g/mol. The van der Waals surface area contributed by atoms with Crippen LogP contribution < -0.4 is 0 Å². The van der Waals surface area contributed by atoms with Crippen LogP contribution in [0.5, 0.6) is 0 Å². The highest BCUT2D eigenvalue weighted by Gasteiger charge is 2.44. The van der Waals surface area contributed by atoms with Crippen LogP contribution in [-0.4, -0.2) is 65.0 Å². The van der Waals surface area contributed by atoms with Crippen molar-refractivity contribution in [2.45, 2.75) is 75.4 Å². The van der Waals surface area contributed by atoms with E-state index in [2.05, 4.69) is 19.1 Å². The van der Waals surface area contributed by atoms with Crippen molar-refractivity contribution in [1.29, 1.82) is 0 Å². The smallest absolute Gasteiger partial charge is 0.444 e. The van der Waals surface area contributed by atoms with Crippen LogP contribution in [0.4, 0.5) is 18.0 Å². The van der Waals surface area contributed by atoms with Gasteiger partial charge >= 0.3 is 18.2 Å². The summed E-state index contributed by atoms with van der Waals surface area (Å²) in [6.45, 7) is 7.86. The SMILES string of the molecule is CCCc1ccc(SCCN(C(=O)OC(C)(C)C)C2CCN(C(=O)C(F)(F)F)CC2)s1. The number of amides is 2. The molecule has 1 aromatic heterocycles. The van der Waals surface area contributed by atoms with Crippen LogP contribution in [-0.2, 0) is 16.0 Å². The molecule has 1 aliphatic heterocycles. The Morgan fingerprint density at radius 2 is 1.87 bits per heavy atom. The Morgan fingerprint density at radius 1 is 1.23 bits per heavy atom. The van der Waals surface area contributed by atoms with Crippen molar-refractivity contribution in [3.63, 3.8) is 0 Å². The van der Waals surface area contributed by atoms with Crippen LogP contribution in [0.1, 0.15) is 51.8 Å². The zero-order valence-electron chi connectivity index (χ0n) is 18.5. The summed E-state index contributed by atoms with van der Waals surface area (Å²) in [5.74, 6) is -1.15. The number of alkyl halides is 3. The van der Waals surface area contributed by atoms with E-state index in [-0.39, 0.29) is 19.1 Å². The molecule has 0 aliphatic carbocycles. The molecule has 1 aromatic rings. The van der Waals surface area contributed by atoms with Crippen LogP contribution in [0.3, 0.4) is 0 Å². The second-order valence-corrected chi connectivity index (χ2v) is 11.1. The molecule has 0 spiro atoms. The number of nitrogens with zero attached hydrogens (tertiary/aromatic N) is 2. The fraction of sp³-hybridized carbons (Fsp3) is 0.714. The van der Waals surface area contributed by atoms with E-state index in [1.165, 1.54) is 9.09 Å². The molecule has 0 bridgehead atoms. The van der Waals surface area contributed by atoms with Crippen molar-refractivity contribution >= 4 is 35.1 Å². The van der Waals surface area contributed by atoms with E-state index in [1.807, 2.05) is 0 Å². The number of rotatable bonds is 7. The van der Waals surface area contributed by atoms with Gasteiger partial charge in [0.25, 0.3) is 0 Å². The first-order chi connectivity index (χ1) is 14.4. The number of carbonyl (C=O) groups is 2. The van der Waals surface area contributed by atoms with Gasteiger partial charge in [0.1, 0.15) is 5.60 Å². The molecular weight excluding hydrogens is 449 g/mol. The minimum atomic E-state index is -4.87. The van der Waals surface area contributed by atoms with Gasteiger partial charge in [0.15, 0.2) is 0 Å². The summed E-state index contributed by atoms with van der Waals surface area (Å²) in [6.07, 6.45) is -2.61. The zero-order chi connectivity index (χ0) is 23.2. The normalized spacial score (nSPS) is 15.8. The Bertz CT molecular complexity index is 739.